The number of nitrogens with one attached hydrogen (secondary N) is 1. The molecule has 3 N–H and O–H groups in total. The van der Waals surface area contributed by atoms with E-state index in [2.05, 4.69) is 24.1 Å². The molecule has 0 aliphatic rings. The van der Waals surface area contributed by atoms with Crippen molar-refractivity contribution in [2.24, 2.45) is 0 Å². The number of carbonyl (C=O) groups is 1. The van der Waals surface area contributed by atoms with Gasteiger partial charge >= 0.3 is 0 Å². The van der Waals surface area contributed by atoms with Crippen molar-refractivity contribution < 1.29 is 9.53 Å². The summed E-state index contributed by atoms with van der Waals surface area (Å²) in [5, 5.41) is 2.92. The van der Waals surface area contributed by atoms with Crippen LogP contribution < -0.4 is 15.8 Å². The molecule has 5 heteroatoms. The SMILES string of the molecule is CCN(CC)CC(C)NC(=O)COc1ccccc1N. The van der Waals surface area contributed by atoms with Gasteiger partial charge in [-0.1, -0.05) is 26.0 Å². The highest BCUT2D eigenvalue weighted by Crippen LogP contribution is 2.19. The van der Waals surface area contributed by atoms with E-state index in [0.717, 1.165) is 19.6 Å². The molecule has 0 heterocycles. The Morgan fingerprint density at radius 3 is 2.60 bits per heavy atom. The van der Waals surface area contributed by atoms with Crippen LogP contribution in [0.4, 0.5) is 5.69 Å². The fraction of sp³-hybridized carbons (Fsp3) is 0.533. The van der Waals surface area contributed by atoms with Gasteiger partial charge in [0.05, 0.1) is 5.69 Å². The normalized spacial score (nSPS) is 12.2. The number of anilines is 1. The number of likely N-dealkylation sites (N-methyl/N-ethyl adjacent to an activating group) is 1. The molecule has 0 aromatic heterocycles. The van der Waals surface area contributed by atoms with Crippen LogP contribution in [-0.2, 0) is 4.79 Å². The summed E-state index contributed by atoms with van der Waals surface area (Å²) in [6, 6.07) is 7.25. The average molecular weight is 279 g/mol. The van der Waals surface area contributed by atoms with Crippen molar-refractivity contribution in [3.8, 4) is 5.75 Å². The van der Waals surface area contributed by atoms with Gasteiger partial charge in [0.25, 0.3) is 5.91 Å². The van der Waals surface area contributed by atoms with E-state index in [1.54, 1.807) is 12.1 Å². The van der Waals surface area contributed by atoms with Gasteiger partial charge in [0, 0.05) is 12.6 Å². The minimum atomic E-state index is -0.132. The Bertz CT molecular complexity index is 419. The van der Waals surface area contributed by atoms with E-state index < -0.39 is 0 Å². The number of hydrogen-bond donors (Lipinski definition) is 2. The Balaban J connectivity index is 2.35. The molecular formula is C15H25N3O2. The third kappa shape index (κ3) is 5.48. The molecule has 0 saturated heterocycles. The molecule has 0 radical (unpaired) electrons. The Hall–Kier alpha value is -1.75. The molecule has 1 aromatic carbocycles. The van der Waals surface area contributed by atoms with Crippen molar-refractivity contribution in [3.05, 3.63) is 24.3 Å². The third-order valence-corrected chi connectivity index (χ3v) is 3.11. The number of amides is 1. The monoisotopic (exact) mass is 279 g/mol. The van der Waals surface area contributed by atoms with E-state index in [9.17, 15) is 4.79 Å². The number of nitrogens with two attached hydrogens (primary N) is 1. The maximum Gasteiger partial charge on any atom is 0.258 e. The molecule has 0 saturated carbocycles. The highest BCUT2D eigenvalue weighted by molar-refractivity contribution is 5.78. The molecule has 0 aliphatic heterocycles. The van der Waals surface area contributed by atoms with Gasteiger partial charge in [-0.15, -0.1) is 0 Å². The Morgan fingerprint density at radius 1 is 1.35 bits per heavy atom. The number of carbonyl (C=O) groups excluding carboxylic acids is 1. The Labute approximate surface area is 121 Å². The summed E-state index contributed by atoms with van der Waals surface area (Å²) in [4.78, 5) is 14.1. The molecule has 1 rings (SSSR count). The van der Waals surface area contributed by atoms with Crippen LogP contribution in [0.5, 0.6) is 5.75 Å². The van der Waals surface area contributed by atoms with E-state index in [-0.39, 0.29) is 18.6 Å². The van der Waals surface area contributed by atoms with Gasteiger partial charge in [-0.3, -0.25) is 4.79 Å². The third-order valence-electron chi connectivity index (χ3n) is 3.11. The Morgan fingerprint density at radius 2 is 2.00 bits per heavy atom. The van der Waals surface area contributed by atoms with Crippen LogP contribution in [0.15, 0.2) is 24.3 Å². The molecule has 1 atom stereocenters. The van der Waals surface area contributed by atoms with Gasteiger partial charge in [0.1, 0.15) is 5.75 Å². The quantitative estimate of drug-likeness (QED) is 0.708. The van der Waals surface area contributed by atoms with E-state index in [0.29, 0.717) is 11.4 Å². The summed E-state index contributed by atoms with van der Waals surface area (Å²) in [7, 11) is 0. The van der Waals surface area contributed by atoms with Crippen LogP contribution in [0.25, 0.3) is 0 Å². The number of nitrogen functional groups attached to an aromatic ring is 1. The predicted molar refractivity (Wildman–Crippen MR) is 81.7 cm³/mol. The molecule has 1 aromatic rings. The number of ether oxygens (including phenoxy) is 1. The van der Waals surface area contributed by atoms with Crippen molar-refractivity contribution in [2.75, 3.05) is 32.0 Å². The lowest BCUT2D eigenvalue weighted by atomic mass is 10.3. The highest BCUT2D eigenvalue weighted by Gasteiger charge is 2.11. The summed E-state index contributed by atoms with van der Waals surface area (Å²) in [6.45, 7) is 9.00. The number of nitrogens with zero attached hydrogens (tertiary/aromatic N) is 1. The predicted octanol–water partition coefficient (Wildman–Crippen LogP) is 1.49. The first-order chi connectivity index (χ1) is 9.56. The van der Waals surface area contributed by atoms with Crippen LogP contribution >= 0.6 is 0 Å². The van der Waals surface area contributed by atoms with Crippen LogP contribution in [0.3, 0.4) is 0 Å². The number of benzene rings is 1. The maximum absolute atomic E-state index is 11.8. The van der Waals surface area contributed by atoms with Crippen LogP contribution in [0, 0.1) is 0 Å². The smallest absolute Gasteiger partial charge is 0.258 e. The first kappa shape index (κ1) is 16.3. The fourth-order valence-corrected chi connectivity index (χ4v) is 1.99. The van der Waals surface area contributed by atoms with Crippen LogP contribution in [-0.4, -0.2) is 43.1 Å². The maximum atomic E-state index is 11.8. The van der Waals surface area contributed by atoms with Crippen molar-refractivity contribution >= 4 is 11.6 Å². The second-order valence-electron chi connectivity index (χ2n) is 4.78. The van der Waals surface area contributed by atoms with Gasteiger partial charge in [-0.05, 0) is 32.1 Å². The summed E-state index contributed by atoms with van der Waals surface area (Å²) >= 11 is 0. The molecule has 1 amide bonds. The number of hydrogen-bond acceptors (Lipinski definition) is 4. The molecular weight excluding hydrogens is 254 g/mol. The number of para-hydroxylation sites is 2. The zero-order valence-corrected chi connectivity index (χ0v) is 12.6. The molecule has 0 aliphatic carbocycles. The van der Waals surface area contributed by atoms with Gasteiger partial charge < -0.3 is 20.7 Å². The highest BCUT2D eigenvalue weighted by atomic mass is 16.5. The van der Waals surface area contributed by atoms with E-state index in [1.165, 1.54) is 0 Å². The number of rotatable bonds is 8. The lowest BCUT2D eigenvalue weighted by molar-refractivity contribution is -0.123. The first-order valence-corrected chi connectivity index (χ1v) is 7.05. The van der Waals surface area contributed by atoms with E-state index >= 15 is 0 Å². The molecule has 0 bridgehead atoms. The minimum absolute atomic E-state index is 0.0171. The average Bonchev–Trinajstić information content (AvgIpc) is 2.43. The van der Waals surface area contributed by atoms with Crippen molar-refractivity contribution in [1.29, 1.82) is 0 Å². The minimum Gasteiger partial charge on any atom is -0.482 e. The molecule has 20 heavy (non-hydrogen) atoms. The fourth-order valence-electron chi connectivity index (χ4n) is 1.99. The van der Waals surface area contributed by atoms with Crippen molar-refractivity contribution in [2.45, 2.75) is 26.8 Å². The van der Waals surface area contributed by atoms with Crippen LogP contribution in [0.1, 0.15) is 20.8 Å². The second kappa shape index (κ2) is 8.43. The first-order valence-electron chi connectivity index (χ1n) is 7.05. The van der Waals surface area contributed by atoms with Crippen molar-refractivity contribution in [3.63, 3.8) is 0 Å². The van der Waals surface area contributed by atoms with Crippen LogP contribution in [0.2, 0.25) is 0 Å². The van der Waals surface area contributed by atoms with E-state index in [4.69, 9.17) is 10.5 Å². The van der Waals surface area contributed by atoms with Gasteiger partial charge in [-0.2, -0.15) is 0 Å². The largest absolute Gasteiger partial charge is 0.482 e. The van der Waals surface area contributed by atoms with Crippen molar-refractivity contribution in [1.82, 2.24) is 10.2 Å². The molecule has 1 unspecified atom stereocenters. The van der Waals surface area contributed by atoms with Gasteiger partial charge in [-0.25, -0.2) is 0 Å². The van der Waals surface area contributed by atoms with E-state index in [1.807, 2.05) is 19.1 Å². The van der Waals surface area contributed by atoms with Gasteiger partial charge in [0.2, 0.25) is 0 Å². The molecule has 112 valence electrons. The molecule has 0 spiro atoms. The summed E-state index contributed by atoms with van der Waals surface area (Å²) < 4.78 is 5.41. The summed E-state index contributed by atoms with van der Waals surface area (Å²) in [5.74, 6) is 0.409. The zero-order valence-electron chi connectivity index (χ0n) is 12.6. The lowest BCUT2D eigenvalue weighted by Gasteiger charge is -2.23. The topological polar surface area (TPSA) is 67.6 Å². The molecule has 0 fully saturated rings. The molecule has 5 nitrogen and oxygen atoms in total. The standard InChI is InChI=1S/C15H25N3O2/c1-4-18(5-2)10-12(3)17-15(19)11-20-14-9-7-6-8-13(14)16/h6-9,12H,4-5,10-11,16H2,1-3H3,(H,17,19). The lowest BCUT2D eigenvalue weighted by Crippen LogP contribution is -2.43. The second-order valence-corrected chi connectivity index (χ2v) is 4.78. The summed E-state index contributed by atoms with van der Waals surface area (Å²) in [6.07, 6.45) is 0. The Kier molecular flexibility index (Phi) is 6.87. The van der Waals surface area contributed by atoms with Gasteiger partial charge in [0.15, 0.2) is 6.61 Å². The zero-order chi connectivity index (χ0) is 15.0. The summed E-state index contributed by atoms with van der Waals surface area (Å²) in [5.41, 5.74) is 6.29.